The van der Waals surface area contributed by atoms with Crippen molar-refractivity contribution in [1.29, 1.82) is 0 Å². The summed E-state index contributed by atoms with van der Waals surface area (Å²) < 4.78 is 44.2. The number of benzene rings is 2. The van der Waals surface area contributed by atoms with Gasteiger partial charge >= 0.3 is 6.18 Å². The first-order valence-electron chi connectivity index (χ1n) is 5.98. The first kappa shape index (κ1) is 12.1. The Kier molecular flexibility index (Phi) is 2.73. The van der Waals surface area contributed by atoms with Gasteiger partial charge in [0.05, 0.1) is 12.2 Å². The van der Waals surface area contributed by atoms with Crippen LogP contribution in [-0.2, 0) is 12.6 Å². The van der Waals surface area contributed by atoms with Gasteiger partial charge in [0.25, 0.3) is 0 Å². The number of hydrogen-bond donors (Lipinski definition) is 0. The summed E-state index contributed by atoms with van der Waals surface area (Å²) in [7, 11) is 0. The number of rotatable bonds is 1. The molecule has 1 nitrogen and oxygen atoms in total. The summed E-state index contributed by atoms with van der Waals surface area (Å²) in [6.45, 7) is 0.441. The molecule has 0 spiro atoms. The highest BCUT2D eigenvalue weighted by molar-refractivity contribution is 5.74. The Balaban J connectivity index is 2.21. The predicted molar refractivity (Wildman–Crippen MR) is 66.1 cm³/mol. The smallest absolute Gasteiger partial charge is 0.416 e. The van der Waals surface area contributed by atoms with Gasteiger partial charge in [-0.2, -0.15) is 13.2 Å². The topological polar surface area (TPSA) is 9.23 Å². The highest BCUT2D eigenvalue weighted by Gasteiger charge is 2.33. The molecule has 98 valence electrons. The van der Waals surface area contributed by atoms with Crippen molar-refractivity contribution in [2.75, 3.05) is 6.61 Å². The van der Waals surface area contributed by atoms with Crippen molar-refractivity contribution in [1.82, 2.24) is 0 Å². The van der Waals surface area contributed by atoms with Gasteiger partial charge in [-0.05, 0) is 23.3 Å². The summed E-state index contributed by atoms with van der Waals surface area (Å²) in [6.07, 6.45) is -3.81. The zero-order chi connectivity index (χ0) is 13.5. The van der Waals surface area contributed by atoms with Gasteiger partial charge < -0.3 is 4.74 Å². The molecule has 0 atom stereocenters. The van der Waals surface area contributed by atoms with Crippen molar-refractivity contribution < 1.29 is 17.9 Å². The molecule has 0 amide bonds. The SMILES string of the molecule is FC(F)(F)c1cc2c(c(-c3ccccc3)c1)OCC2. The Labute approximate surface area is 108 Å². The van der Waals surface area contributed by atoms with Crippen LogP contribution in [0.1, 0.15) is 11.1 Å². The van der Waals surface area contributed by atoms with Crippen molar-refractivity contribution >= 4 is 0 Å². The third-order valence-electron chi connectivity index (χ3n) is 3.20. The number of hydrogen-bond acceptors (Lipinski definition) is 1. The third kappa shape index (κ3) is 2.18. The third-order valence-corrected chi connectivity index (χ3v) is 3.20. The van der Waals surface area contributed by atoms with E-state index < -0.39 is 11.7 Å². The molecule has 0 bridgehead atoms. The van der Waals surface area contributed by atoms with Gasteiger partial charge in [-0.3, -0.25) is 0 Å². The standard InChI is InChI=1S/C15H11F3O/c16-15(17,18)12-8-11-6-7-19-14(11)13(9-12)10-4-2-1-3-5-10/h1-5,8-9H,6-7H2. The zero-order valence-corrected chi connectivity index (χ0v) is 10.00. The number of ether oxygens (including phenoxy) is 1. The number of fused-ring (bicyclic) bond motifs is 1. The lowest BCUT2D eigenvalue weighted by Crippen LogP contribution is -2.05. The van der Waals surface area contributed by atoms with Gasteiger partial charge in [0, 0.05) is 12.0 Å². The summed E-state index contributed by atoms with van der Waals surface area (Å²) in [5, 5.41) is 0. The van der Waals surface area contributed by atoms with Crippen LogP contribution in [0.4, 0.5) is 13.2 Å². The molecular weight excluding hydrogens is 253 g/mol. The highest BCUT2D eigenvalue weighted by atomic mass is 19.4. The fourth-order valence-corrected chi connectivity index (χ4v) is 2.30. The van der Waals surface area contributed by atoms with Crippen molar-refractivity contribution in [2.45, 2.75) is 12.6 Å². The molecule has 3 rings (SSSR count). The molecular formula is C15H11F3O. The minimum Gasteiger partial charge on any atom is -0.492 e. The maximum atomic E-state index is 12.9. The van der Waals surface area contributed by atoms with Crippen LogP contribution < -0.4 is 4.74 Å². The largest absolute Gasteiger partial charge is 0.492 e. The van der Waals surface area contributed by atoms with Crippen molar-refractivity contribution in [3.63, 3.8) is 0 Å². The lowest BCUT2D eigenvalue weighted by atomic mass is 9.98. The molecule has 0 radical (unpaired) electrons. The monoisotopic (exact) mass is 264 g/mol. The Bertz CT molecular complexity index is 603. The van der Waals surface area contributed by atoms with Gasteiger partial charge in [0.1, 0.15) is 5.75 Å². The molecule has 1 aliphatic rings. The van der Waals surface area contributed by atoms with Crippen LogP contribution in [0, 0.1) is 0 Å². The molecule has 1 aliphatic heterocycles. The molecule has 19 heavy (non-hydrogen) atoms. The van der Waals surface area contributed by atoms with E-state index in [0.29, 0.717) is 29.9 Å². The van der Waals surface area contributed by atoms with E-state index in [1.54, 1.807) is 24.3 Å². The second kappa shape index (κ2) is 4.30. The molecule has 2 aromatic carbocycles. The second-order valence-electron chi connectivity index (χ2n) is 4.47. The molecule has 0 N–H and O–H groups in total. The zero-order valence-electron chi connectivity index (χ0n) is 10.00. The quantitative estimate of drug-likeness (QED) is 0.745. The van der Waals surface area contributed by atoms with E-state index in [9.17, 15) is 13.2 Å². The van der Waals surface area contributed by atoms with Crippen molar-refractivity contribution in [3.05, 3.63) is 53.6 Å². The minimum atomic E-state index is -4.33. The van der Waals surface area contributed by atoms with Crippen molar-refractivity contribution in [2.24, 2.45) is 0 Å². The van der Waals surface area contributed by atoms with E-state index in [1.807, 2.05) is 6.07 Å². The van der Waals surface area contributed by atoms with E-state index in [0.717, 1.165) is 5.56 Å². The van der Waals surface area contributed by atoms with Crippen LogP contribution >= 0.6 is 0 Å². The summed E-state index contributed by atoms with van der Waals surface area (Å²) in [5.41, 5.74) is 1.28. The molecule has 0 saturated heterocycles. The average Bonchev–Trinajstić information content (AvgIpc) is 2.85. The second-order valence-corrected chi connectivity index (χ2v) is 4.47. The summed E-state index contributed by atoms with van der Waals surface area (Å²) in [5.74, 6) is 0.583. The Morgan fingerprint density at radius 1 is 1.00 bits per heavy atom. The van der Waals surface area contributed by atoms with E-state index in [4.69, 9.17) is 4.74 Å². The predicted octanol–water partition coefficient (Wildman–Crippen LogP) is 4.31. The van der Waals surface area contributed by atoms with E-state index >= 15 is 0 Å². The van der Waals surface area contributed by atoms with Gasteiger partial charge in [-0.15, -0.1) is 0 Å². The summed E-state index contributed by atoms with van der Waals surface area (Å²) >= 11 is 0. The molecule has 0 saturated carbocycles. The Morgan fingerprint density at radius 2 is 1.74 bits per heavy atom. The van der Waals surface area contributed by atoms with Crippen LogP contribution in [0.3, 0.4) is 0 Å². The van der Waals surface area contributed by atoms with Gasteiger partial charge in [0.2, 0.25) is 0 Å². The molecule has 4 heteroatoms. The molecule has 0 fully saturated rings. The Hall–Kier alpha value is -1.97. The van der Waals surface area contributed by atoms with Gasteiger partial charge in [-0.1, -0.05) is 30.3 Å². The van der Waals surface area contributed by atoms with Crippen LogP contribution in [0.25, 0.3) is 11.1 Å². The number of halogens is 3. The maximum Gasteiger partial charge on any atom is 0.416 e. The molecule has 0 unspecified atom stereocenters. The fourth-order valence-electron chi connectivity index (χ4n) is 2.30. The Morgan fingerprint density at radius 3 is 2.42 bits per heavy atom. The molecule has 1 heterocycles. The number of alkyl halides is 3. The molecule has 2 aromatic rings. The fraction of sp³-hybridized carbons (Fsp3) is 0.200. The van der Waals surface area contributed by atoms with E-state index in [-0.39, 0.29) is 0 Å². The van der Waals surface area contributed by atoms with Crippen LogP contribution in [0.5, 0.6) is 5.75 Å². The van der Waals surface area contributed by atoms with Crippen molar-refractivity contribution in [3.8, 4) is 16.9 Å². The lowest BCUT2D eigenvalue weighted by molar-refractivity contribution is -0.137. The van der Waals surface area contributed by atoms with Gasteiger partial charge in [0.15, 0.2) is 0 Å². The van der Waals surface area contributed by atoms with Crippen LogP contribution in [0.15, 0.2) is 42.5 Å². The van der Waals surface area contributed by atoms with Crippen LogP contribution in [-0.4, -0.2) is 6.61 Å². The lowest BCUT2D eigenvalue weighted by Gasteiger charge is -2.13. The van der Waals surface area contributed by atoms with Gasteiger partial charge in [-0.25, -0.2) is 0 Å². The summed E-state index contributed by atoms with van der Waals surface area (Å²) in [6, 6.07) is 11.4. The highest BCUT2D eigenvalue weighted by Crippen LogP contribution is 2.41. The minimum absolute atomic E-state index is 0.441. The average molecular weight is 264 g/mol. The molecule has 0 aromatic heterocycles. The van der Waals surface area contributed by atoms with E-state index in [1.165, 1.54) is 12.1 Å². The molecule has 0 aliphatic carbocycles. The first-order chi connectivity index (χ1) is 9.05. The van der Waals surface area contributed by atoms with E-state index in [2.05, 4.69) is 0 Å². The maximum absolute atomic E-state index is 12.9. The van der Waals surface area contributed by atoms with Crippen LogP contribution in [0.2, 0.25) is 0 Å². The first-order valence-corrected chi connectivity index (χ1v) is 5.98. The normalized spacial score (nSPS) is 14.1. The summed E-state index contributed by atoms with van der Waals surface area (Å²) in [4.78, 5) is 0.